The molecule has 1 rings (SSSR count). The number of nitrogens with zero attached hydrogens (tertiary/aromatic N) is 1. The van der Waals surface area contributed by atoms with E-state index in [0.717, 1.165) is 25.9 Å². The molecule has 1 heterocycles. The Bertz CT molecular complexity index is 240. The molecular formula is C13H27N3O. The van der Waals surface area contributed by atoms with Crippen LogP contribution in [0.5, 0.6) is 0 Å². The summed E-state index contributed by atoms with van der Waals surface area (Å²) in [4.78, 5) is 14.2. The van der Waals surface area contributed by atoms with Crippen LogP contribution in [-0.2, 0) is 4.79 Å². The molecular weight excluding hydrogens is 214 g/mol. The third kappa shape index (κ3) is 6.03. The second kappa shape index (κ2) is 6.36. The number of carbonyl (C=O) groups is 1. The van der Waals surface area contributed by atoms with Gasteiger partial charge in [-0.05, 0) is 39.7 Å². The average molecular weight is 241 g/mol. The standard InChI is InChI=1S/C13H27N3O/c1-4-7-16-8-5-11(6-9-16)15-12(17)10-13(2,3)14/h11H,4-10,14H2,1-3H3,(H,15,17). The van der Waals surface area contributed by atoms with Crippen molar-refractivity contribution >= 4 is 5.91 Å². The second-order valence-electron chi connectivity index (χ2n) is 5.85. The van der Waals surface area contributed by atoms with Gasteiger partial charge < -0.3 is 16.0 Å². The summed E-state index contributed by atoms with van der Waals surface area (Å²) in [6.45, 7) is 9.36. The van der Waals surface area contributed by atoms with Crippen LogP contribution in [0.3, 0.4) is 0 Å². The first kappa shape index (κ1) is 14.5. The third-order valence-electron chi connectivity index (χ3n) is 3.11. The SMILES string of the molecule is CCCN1CCC(NC(=O)CC(C)(C)N)CC1. The first-order valence-corrected chi connectivity index (χ1v) is 6.71. The van der Waals surface area contributed by atoms with E-state index in [1.54, 1.807) is 0 Å². The minimum absolute atomic E-state index is 0.0893. The van der Waals surface area contributed by atoms with Gasteiger partial charge in [-0.15, -0.1) is 0 Å². The number of piperidine rings is 1. The molecule has 4 heteroatoms. The Morgan fingerprint density at radius 2 is 2.00 bits per heavy atom. The van der Waals surface area contributed by atoms with E-state index < -0.39 is 5.54 Å². The fourth-order valence-corrected chi connectivity index (χ4v) is 2.31. The van der Waals surface area contributed by atoms with Gasteiger partial charge in [0.15, 0.2) is 0 Å². The molecule has 0 unspecified atom stereocenters. The molecule has 1 saturated heterocycles. The van der Waals surface area contributed by atoms with E-state index in [9.17, 15) is 4.79 Å². The van der Waals surface area contributed by atoms with Gasteiger partial charge in [-0.3, -0.25) is 4.79 Å². The first-order chi connectivity index (χ1) is 7.90. The highest BCUT2D eigenvalue weighted by atomic mass is 16.1. The van der Waals surface area contributed by atoms with Gasteiger partial charge in [-0.25, -0.2) is 0 Å². The van der Waals surface area contributed by atoms with E-state index in [4.69, 9.17) is 5.73 Å². The van der Waals surface area contributed by atoms with Gasteiger partial charge in [-0.2, -0.15) is 0 Å². The van der Waals surface area contributed by atoms with Crippen molar-refractivity contribution in [1.82, 2.24) is 10.2 Å². The maximum absolute atomic E-state index is 11.7. The number of likely N-dealkylation sites (tertiary alicyclic amines) is 1. The van der Waals surface area contributed by atoms with E-state index in [0.29, 0.717) is 12.5 Å². The smallest absolute Gasteiger partial charge is 0.222 e. The quantitative estimate of drug-likeness (QED) is 0.758. The molecule has 0 saturated carbocycles. The molecule has 1 fully saturated rings. The average Bonchev–Trinajstić information content (AvgIpc) is 2.18. The molecule has 0 aromatic heterocycles. The molecule has 0 radical (unpaired) electrons. The number of rotatable bonds is 5. The maximum Gasteiger partial charge on any atom is 0.222 e. The van der Waals surface area contributed by atoms with E-state index in [2.05, 4.69) is 17.1 Å². The van der Waals surface area contributed by atoms with Crippen LogP contribution in [0.4, 0.5) is 0 Å². The van der Waals surface area contributed by atoms with E-state index in [1.165, 1.54) is 13.0 Å². The number of hydrogen-bond acceptors (Lipinski definition) is 3. The Morgan fingerprint density at radius 1 is 1.41 bits per heavy atom. The van der Waals surface area contributed by atoms with Crippen molar-refractivity contribution in [1.29, 1.82) is 0 Å². The van der Waals surface area contributed by atoms with E-state index in [-0.39, 0.29) is 5.91 Å². The van der Waals surface area contributed by atoms with Gasteiger partial charge >= 0.3 is 0 Å². The van der Waals surface area contributed by atoms with Crippen molar-refractivity contribution in [3.8, 4) is 0 Å². The lowest BCUT2D eigenvalue weighted by atomic mass is 10.00. The molecule has 1 aliphatic rings. The van der Waals surface area contributed by atoms with E-state index >= 15 is 0 Å². The van der Waals surface area contributed by atoms with Crippen LogP contribution in [0, 0.1) is 0 Å². The van der Waals surface area contributed by atoms with Crippen molar-refractivity contribution in [2.45, 2.75) is 58.0 Å². The molecule has 4 nitrogen and oxygen atoms in total. The molecule has 100 valence electrons. The lowest BCUT2D eigenvalue weighted by molar-refractivity contribution is -0.123. The Balaban J connectivity index is 2.24. The van der Waals surface area contributed by atoms with Crippen molar-refractivity contribution in [2.24, 2.45) is 5.73 Å². The minimum atomic E-state index is -0.410. The summed E-state index contributed by atoms with van der Waals surface area (Å²) in [5.41, 5.74) is 5.42. The number of nitrogens with two attached hydrogens (primary N) is 1. The lowest BCUT2D eigenvalue weighted by Crippen LogP contribution is -2.47. The molecule has 17 heavy (non-hydrogen) atoms. The van der Waals surface area contributed by atoms with E-state index in [1.807, 2.05) is 13.8 Å². The minimum Gasteiger partial charge on any atom is -0.353 e. The topological polar surface area (TPSA) is 58.4 Å². The molecule has 0 aromatic rings. The largest absolute Gasteiger partial charge is 0.353 e. The van der Waals surface area contributed by atoms with Crippen LogP contribution < -0.4 is 11.1 Å². The highest BCUT2D eigenvalue weighted by Gasteiger charge is 2.22. The number of amides is 1. The number of carbonyl (C=O) groups excluding carboxylic acids is 1. The Kier molecular flexibility index (Phi) is 5.40. The summed E-state index contributed by atoms with van der Waals surface area (Å²) < 4.78 is 0. The van der Waals surface area contributed by atoms with Crippen molar-refractivity contribution in [3.63, 3.8) is 0 Å². The Morgan fingerprint density at radius 3 is 2.47 bits per heavy atom. The fourth-order valence-electron chi connectivity index (χ4n) is 2.31. The maximum atomic E-state index is 11.7. The van der Waals surface area contributed by atoms with Gasteiger partial charge in [-0.1, -0.05) is 6.92 Å². The molecule has 1 aliphatic heterocycles. The summed E-state index contributed by atoms with van der Waals surface area (Å²) in [5.74, 6) is 0.0893. The molecule has 0 bridgehead atoms. The van der Waals surface area contributed by atoms with Gasteiger partial charge in [0, 0.05) is 31.1 Å². The molecule has 1 amide bonds. The van der Waals surface area contributed by atoms with Crippen LogP contribution in [0.25, 0.3) is 0 Å². The summed E-state index contributed by atoms with van der Waals surface area (Å²) in [6.07, 6.45) is 3.74. The summed E-state index contributed by atoms with van der Waals surface area (Å²) in [6, 6.07) is 0.345. The van der Waals surface area contributed by atoms with Gasteiger partial charge in [0.2, 0.25) is 5.91 Å². The van der Waals surface area contributed by atoms with Crippen LogP contribution in [-0.4, -0.2) is 42.0 Å². The zero-order valence-corrected chi connectivity index (χ0v) is 11.5. The predicted molar refractivity (Wildman–Crippen MR) is 70.8 cm³/mol. The normalized spacial score (nSPS) is 19.3. The van der Waals surface area contributed by atoms with Crippen LogP contribution in [0.1, 0.15) is 46.5 Å². The Hall–Kier alpha value is -0.610. The highest BCUT2D eigenvalue weighted by Crippen LogP contribution is 2.11. The highest BCUT2D eigenvalue weighted by molar-refractivity contribution is 5.77. The molecule has 0 atom stereocenters. The van der Waals surface area contributed by atoms with Crippen molar-refractivity contribution < 1.29 is 4.79 Å². The number of hydrogen-bond donors (Lipinski definition) is 2. The molecule has 0 aliphatic carbocycles. The van der Waals surface area contributed by atoms with Gasteiger partial charge in [0.25, 0.3) is 0 Å². The fraction of sp³-hybridized carbons (Fsp3) is 0.923. The van der Waals surface area contributed by atoms with Crippen molar-refractivity contribution in [2.75, 3.05) is 19.6 Å². The van der Waals surface area contributed by atoms with Crippen LogP contribution in [0.15, 0.2) is 0 Å². The van der Waals surface area contributed by atoms with Crippen LogP contribution in [0.2, 0.25) is 0 Å². The summed E-state index contributed by atoms with van der Waals surface area (Å²) >= 11 is 0. The predicted octanol–water partition coefficient (Wildman–Crippen LogP) is 1.10. The van der Waals surface area contributed by atoms with Crippen LogP contribution >= 0.6 is 0 Å². The summed E-state index contributed by atoms with van der Waals surface area (Å²) in [5, 5.41) is 3.09. The van der Waals surface area contributed by atoms with Gasteiger partial charge in [0.1, 0.15) is 0 Å². The first-order valence-electron chi connectivity index (χ1n) is 6.71. The van der Waals surface area contributed by atoms with Gasteiger partial charge in [0.05, 0.1) is 0 Å². The molecule has 0 aromatic carbocycles. The molecule has 0 spiro atoms. The second-order valence-corrected chi connectivity index (χ2v) is 5.85. The number of nitrogens with one attached hydrogen (secondary N) is 1. The molecule has 3 N–H and O–H groups in total. The summed E-state index contributed by atoms with van der Waals surface area (Å²) in [7, 11) is 0. The monoisotopic (exact) mass is 241 g/mol. The zero-order chi connectivity index (χ0) is 12.9. The van der Waals surface area contributed by atoms with Crippen molar-refractivity contribution in [3.05, 3.63) is 0 Å². The lowest BCUT2D eigenvalue weighted by Gasteiger charge is -2.32. The Labute approximate surface area is 105 Å². The zero-order valence-electron chi connectivity index (χ0n) is 11.5. The third-order valence-corrected chi connectivity index (χ3v) is 3.11.